The van der Waals surface area contributed by atoms with Crippen LogP contribution in [0.3, 0.4) is 0 Å². The zero-order chi connectivity index (χ0) is 24.8. The van der Waals surface area contributed by atoms with Gasteiger partial charge in [0.15, 0.2) is 0 Å². The highest BCUT2D eigenvalue weighted by Gasteiger charge is 2.36. The summed E-state index contributed by atoms with van der Waals surface area (Å²) in [5.74, 6) is -0.753. The lowest BCUT2D eigenvalue weighted by molar-refractivity contribution is 0.0463. The standard InChI is InChI=1S/C24H35N3O6/c1-23(2,3)32-21(30)25-14-10-9-11-16(26-22(31)33-24(4,5)6)15-27-19(28)17-12-7-8-13-18(17)20(27)29/h7-8,12-13,16H,9-11,14-15H2,1-6H3,(H,25,30)(H,26,31)/t16-/m1/s1. The van der Waals surface area contributed by atoms with Gasteiger partial charge in [0, 0.05) is 13.1 Å². The first-order valence-electron chi connectivity index (χ1n) is 11.2. The lowest BCUT2D eigenvalue weighted by Gasteiger charge is -2.26. The minimum atomic E-state index is -0.679. The van der Waals surface area contributed by atoms with Crippen molar-refractivity contribution in [3.8, 4) is 0 Å². The molecule has 0 radical (unpaired) electrons. The zero-order valence-corrected chi connectivity index (χ0v) is 20.3. The molecule has 1 aromatic carbocycles. The maximum atomic E-state index is 12.7. The molecule has 2 rings (SSSR count). The van der Waals surface area contributed by atoms with Gasteiger partial charge in [0.05, 0.1) is 17.2 Å². The quantitative estimate of drug-likeness (QED) is 0.449. The molecule has 9 heteroatoms. The van der Waals surface area contributed by atoms with Crippen molar-refractivity contribution in [3.63, 3.8) is 0 Å². The van der Waals surface area contributed by atoms with Crippen molar-refractivity contribution in [1.82, 2.24) is 15.5 Å². The third kappa shape index (κ3) is 8.40. The Morgan fingerprint density at radius 1 is 0.879 bits per heavy atom. The highest BCUT2D eigenvalue weighted by Crippen LogP contribution is 2.23. The molecule has 0 bridgehead atoms. The summed E-state index contributed by atoms with van der Waals surface area (Å²) in [6, 6.07) is 6.16. The topological polar surface area (TPSA) is 114 Å². The van der Waals surface area contributed by atoms with E-state index in [2.05, 4.69) is 10.6 Å². The Balaban J connectivity index is 1.95. The van der Waals surface area contributed by atoms with Gasteiger partial charge in [0.25, 0.3) is 11.8 Å². The van der Waals surface area contributed by atoms with Crippen molar-refractivity contribution >= 4 is 24.0 Å². The van der Waals surface area contributed by atoms with Crippen LogP contribution in [-0.2, 0) is 9.47 Å². The Morgan fingerprint density at radius 2 is 1.39 bits per heavy atom. The Bertz CT molecular complexity index is 850. The van der Waals surface area contributed by atoms with Crippen LogP contribution in [0.5, 0.6) is 0 Å². The number of benzene rings is 1. The zero-order valence-electron chi connectivity index (χ0n) is 20.3. The van der Waals surface area contributed by atoms with Crippen LogP contribution in [-0.4, -0.2) is 59.2 Å². The molecular formula is C24H35N3O6. The summed E-state index contributed by atoms with van der Waals surface area (Å²) >= 11 is 0. The number of nitrogens with one attached hydrogen (secondary N) is 2. The van der Waals surface area contributed by atoms with Gasteiger partial charge in [-0.1, -0.05) is 12.1 Å². The van der Waals surface area contributed by atoms with Gasteiger partial charge in [-0.3, -0.25) is 14.5 Å². The highest BCUT2D eigenvalue weighted by atomic mass is 16.6. The number of hydrogen-bond donors (Lipinski definition) is 2. The predicted octanol–water partition coefficient (Wildman–Crippen LogP) is 3.87. The van der Waals surface area contributed by atoms with Gasteiger partial charge in [-0.2, -0.15) is 0 Å². The number of hydrogen-bond acceptors (Lipinski definition) is 6. The molecule has 182 valence electrons. The Hall–Kier alpha value is -3.10. The van der Waals surface area contributed by atoms with E-state index in [1.807, 2.05) is 0 Å². The second-order valence-electron chi connectivity index (χ2n) is 10.0. The van der Waals surface area contributed by atoms with Crippen LogP contribution in [0.1, 0.15) is 81.5 Å². The summed E-state index contributed by atoms with van der Waals surface area (Å²) in [5, 5.41) is 5.47. The fourth-order valence-corrected chi connectivity index (χ4v) is 3.33. The largest absolute Gasteiger partial charge is 0.444 e. The van der Waals surface area contributed by atoms with Crippen molar-refractivity contribution in [2.24, 2.45) is 0 Å². The molecule has 1 aliphatic heterocycles. The van der Waals surface area contributed by atoms with Crippen molar-refractivity contribution in [2.45, 2.75) is 78.0 Å². The third-order valence-electron chi connectivity index (χ3n) is 4.65. The average Bonchev–Trinajstić information content (AvgIpc) is 2.90. The molecule has 0 aliphatic carbocycles. The van der Waals surface area contributed by atoms with Crippen molar-refractivity contribution < 1.29 is 28.7 Å². The summed E-state index contributed by atoms with van der Waals surface area (Å²) in [6.45, 7) is 11.1. The molecule has 1 aliphatic rings. The van der Waals surface area contributed by atoms with Crippen LogP contribution in [0.25, 0.3) is 0 Å². The number of fused-ring (bicyclic) bond motifs is 1. The SMILES string of the molecule is CC(C)(C)OC(=O)NCCCC[C@H](CN1C(=O)c2ccccc2C1=O)NC(=O)OC(C)(C)C. The van der Waals surface area contributed by atoms with Crippen LogP contribution in [0.15, 0.2) is 24.3 Å². The third-order valence-corrected chi connectivity index (χ3v) is 4.65. The summed E-state index contributed by atoms with van der Waals surface area (Å²) in [7, 11) is 0. The minimum Gasteiger partial charge on any atom is -0.444 e. The number of carbonyl (C=O) groups is 4. The number of unbranched alkanes of at least 4 members (excludes halogenated alkanes) is 1. The fraction of sp³-hybridized carbons (Fsp3) is 0.583. The number of nitrogens with zero attached hydrogens (tertiary/aromatic N) is 1. The van der Waals surface area contributed by atoms with E-state index in [1.165, 1.54) is 0 Å². The molecule has 1 atom stereocenters. The predicted molar refractivity (Wildman–Crippen MR) is 123 cm³/mol. The summed E-state index contributed by atoms with van der Waals surface area (Å²) in [6.07, 6.45) is 0.656. The van der Waals surface area contributed by atoms with Crippen molar-refractivity contribution in [1.29, 1.82) is 0 Å². The molecule has 0 unspecified atom stereocenters. The van der Waals surface area contributed by atoms with Crippen LogP contribution < -0.4 is 10.6 Å². The van der Waals surface area contributed by atoms with Gasteiger partial charge in [-0.15, -0.1) is 0 Å². The number of amides is 4. The van der Waals surface area contributed by atoms with Crippen LogP contribution >= 0.6 is 0 Å². The Kier molecular flexibility index (Phi) is 8.46. The van der Waals surface area contributed by atoms with Gasteiger partial charge in [0.1, 0.15) is 11.2 Å². The summed E-state index contributed by atoms with van der Waals surface area (Å²) in [4.78, 5) is 50.7. The smallest absolute Gasteiger partial charge is 0.407 e. The van der Waals surface area contributed by atoms with E-state index in [1.54, 1.807) is 65.8 Å². The molecule has 0 saturated carbocycles. The highest BCUT2D eigenvalue weighted by molar-refractivity contribution is 6.21. The van der Waals surface area contributed by atoms with Gasteiger partial charge in [-0.05, 0) is 72.9 Å². The van der Waals surface area contributed by atoms with Crippen molar-refractivity contribution in [3.05, 3.63) is 35.4 Å². The van der Waals surface area contributed by atoms with Gasteiger partial charge >= 0.3 is 12.2 Å². The fourth-order valence-electron chi connectivity index (χ4n) is 3.33. The van der Waals surface area contributed by atoms with Crippen LogP contribution in [0.2, 0.25) is 0 Å². The lowest BCUT2D eigenvalue weighted by atomic mass is 10.1. The van der Waals surface area contributed by atoms with Gasteiger partial charge in [0.2, 0.25) is 0 Å². The molecule has 0 fully saturated rings. The minimum absolute atomic E-state index is 0.0328. The number of rotatable bonds is 8. The second kappa shape index (κ2) is 10.7. The first kappa shape index (κ1) is 26.2. The molecule has 33 heavy (non-hydrogen) atoms. The summed E-state index contributed by atoms with van der Waals surface area (Å²) < 4.78 is 10.5. The average molecular weight is 462 g/mol. The Labute approximate surface area is 195 Å². The second-order valence-corrected chi connectivity index (χ2v) is 10.0. The van der Waals surface area contributed by atoms with E-state index in [9.17, 15) is 19.2 Å². The molecule has 0 aromatic heterocycles. The summed E-state index contributed by atoms with van der Waals surface area (Å²) in [5.41, 5.74) is -0.527. The maximum Gasteiger partial charge on any atom is 0.407 e. The van der Waals surface area contributed by atoms with E-state index in [0.717, 1.165) is 4.90 Å². The number of alkyl carbamates (subject to hydrolysis) is 2. The van der Waals surface area contributed by atoms with Gasteiger partial charge in [-0.25, -0.2) is 9.59 Å². The molecular weight excluding hydrogens is 426 g/mol. The van der Waals surface area contributed by atoms with Crippen LogP contribution in [0.4, 0.5) is 9.59 Å². The van der Waals surface area contributed by atoms with E-state index < -0.39 is 29.4 Å². The molecule has 1 heterocycles. The monoisotopic (exact) mass is 461 g/mol. The number of ether oxygens (including phenoxy) is 2. The lowest BCUT2D eigenvalue weighted by Crippen LogP contribution is -2.47. The maximum absolute atomic E-state index is 12.7. The van der Waals surface area contributed by atoms with Crippen molar-refractivity contribution in [2.75, 3.05) is 13.1 Å². The molecule has 0 spiro atoms. The van der Waals surface area contributed by atoms with E-state index in [0.29, 0.717) is 36.9 Å². The van der Waals surface area contributed by atoms with Crippen LogP contribution in [0, 0.1) is 0 Å². The Morgan fingerprint density at radius 3 is 1.91 bits per heavy atom. The van der Waals surface area contributed by atoms with E-state index in [-0.39, 0.29) is 18.4 Å². The number of imide groups is 1. The first-order chi connectivity index (χ1) is 15.3. The van der Waals surface area contributed by atoms with E-state index >= 15 is 0 Å². The number of carbonyl (C=O) groups excluding carboxylic acids is 4. The normalized spacial score (nSPS) is 14.5. The molecule has 0 saturated heterocycles. The molecule has 4 amide bonds. The van der Waals surface area contributed by atoms with Gasteiger partial charge < -0.3 is 20.1 Å². The first-order valence-corrected chi connectivity index (χ1v) is 11.2. The molecule has 9 nitrogen and oxygen atoms in total. The molecule has 2 N–H and O–H groups in total. The molecule has 1 aromatic rings. The van der Waals surface area contributed by atoms with E-state index in [4.69, 9.17) is 9.47 Å².